The van der Waals surface area contributed by atoms with Crippen LogP contribution in [0.25, 0.3) is 0 Å². The van der Waals surface area contributed by atoms with Crippen LogP contribution in [0, 0.1) is 5.92 Å². The van der Waals surface area contributed by atoms with Crippen molar-refractivity contribution in [3.8, 4) is 0 Å². The van der Waals surface area contributed by atoms with Crippen molar-refractivity contribution in [1.82, 2.24) is 5.32 Å². The lowest BCUT2D eigenvalue weighted by Gasteiger charge is -2.40. The summed E-state index contributed by atoms with van der Waals surface area (Å²) in [5, 5.41) is 13.4. The molecule has 2 heterocycles. The largest absolute Gasteiger partial charge is 0.368 e. The molecule has 116 valence electrons. The zero-order chi connectivity index (χ0) is 14.9. The summed E-state index contributed by atoms with van der Waals surface area (Å²) in [6, 6.07) is 11.1. The average Bonchev–Trinajstić information content (AvgIpc) is 2.85. The molecular weight excluding hydrogens is 264 g/mol. The van der Waals surface area contributed by atoms with Crippen molar-refractivity contribution in [2.24, 2.45) is 11.7 Å². The Morgan fingerprint density at radius 3 is 2.86 bits per heavy atom. The van der Waals surface area contributed by atoms with Crippen LogP contribution in [-0.4, -0.2) is 30.1 Å². The van der Waals surface area contributed by atoms with E-state index in [2.05, 4.69) is 29.6 Å². The van der Waals surface area contributed by atoms with Gasteiger partial charge >= 0.3 is 0 Å². The Morgan fingerprint density at radius 2 is 2.14 bits per heavy atom. The van der Waals surface area contributed by atoms with Crippen molar-refractivity contribution in [3.63, 3.8) is 0 Å². The number of hydrogen-bond donors (Lipinski definition) is 3. The van der Waals surface area contributed by atoms with Crippen LogP contribution >= 0.6 is 0 Å². The topological polar surface area (TPSA) is 67.5 Å². The van der Waals surface area contributed by atoms with E-state index in [-0.39, 0.29) is 11.6 Å². The third-order valence-electron chi connectivity index (χ3n) is 5.16. The first-order chi connectivity index (χ1) is 10.2. The van der Waals surface area contributed by atoms with Gasteiger partial charge in [0.25, 0.3) is 0 Å². The fourth-order valence-electron chi connectivity index (χ4n) is 3.91. The lowest BCUT2D eigenvalue weighted by molar-refractivity contribution is -0.111. The molecule has 2 bridgehead atoms. The second-order valence-electron chi connectivity index (χ2n) is 6.43. The van der Waals surface area contributed by atoms with Gasteiger partial charge in [-0.3, -0.25) is 0 Å². The zero-order valence-corrected chi connectivity index (χ0v) is 12.7. The minimum atomic E-state index is -0.646. The normalized spacial score (nSPS) is 36.6. The van der Waals surface area contributed by atoms with Gasteiger partial charge in [-0.1, -0.05) is 37.3 Å². The molecule has 3 rings (SSSR count). The smallest absolute Gasteiger partial charge is 0.154 e. The first-order valence-electron chi connectivity index (χ1n) is 8.04. The van der Waals surface area contributed by atoms with E-state index in [1.807, 2.05) is 13.0 Å². The van der Waals surface area contributed by atoms with Crippen LogP contribution in [-0.2, 0) is 10.3 Å². The Bertz CT molecular complexity index is 467. The van der Waals surface area contributed by atoms with E-state index in [1.165, 1.54) is 5.56 Å². The summed E-state index contributed by atoms with van der Waals surface area (Å²) in [5.74, 6) is 0.417. The van der Waals surface area contributed by atoms with Gasteiger partial charge < -0.3 is 20.9 Å². The fourth-order valence-corrected chi connectivity index (χ4v) is 3.91. The van der Waals surface area contributed by atoms with Crippen LogP contribution < -0.4 is 11.1 Å². The number of nitrogens with two attached hydrogens (primary N) is 1. The monoisotopic (exact) mass is 290 g/mol. The molecule has 1 aromatic carbocycles. The van der Waals surface area contributed by atoms with Crippen LogP contribution in [0.2, 0.25) is 0 Å². The number of piperidine rings is 1. The molecule has 0 radical (unpaired) electrons. The number of hydrogen-bond acceptors (Lipinski definition) is 4. The molecule has 2 fully saturated rings. The Labute approximate surface area is 126 Å². The number of rotatable bonds is 5. The molecule has 5 atom stereocenters. The minimum absolute atomic E-state index is 0.130. The van der Waals surface area contributed by atoms with Crippen LogP contribution in [0.5, 0.6) is 0 Å². The standard InChI is InChI=1S/C17H26N2O2/c1-2-16(20)21-11-12-10-17(13-6-4-3-5-7-13)15(18)9-8-14(12)19-17/h3-7,12,14-16,19-20H,2,8-11,18H2,1H3/t12-,14-,15+,16?,17+/m0/s1. The predicted octanol–water partition coefficient (Wildman–Crippen LogP) is 1.73. The second-order valence-corrected chi connectivity index (χ2v) is 6.43. The highest BCUT2D eigenvalue weighted by Crippen LogP contribution is 2.45. The Morgan fingerprint density at radius 1 is 1.38 bits per heavy atom. The first-order valence-corrected chi connectivity index (χ1v) is 8.04. The molecule has 1 aromatic rings. The Kier molecular flexibility index (Phi) is 4.31. The molecule has 4 N–H and O–H groups in total. The number of fused-ring (bicyclic) bond motifs is 2. The molecule has 0 saturated carbocycles. The molecule has 4 nitrogen and oxygen atoms in total. The van der Waals surface area contributed by atoms with E-state index >= 15 is 0 Å². The van der Waals surface area contributed by atoms with Gasteiger partial charge in [0.2, 0.25) is 0 Å². The fraction of sp³-hybridized carbons (Fsp3) is 0.647. The van der Waals surface area contributed by atoms with Crippen molar-refractivity contribution in [2.75, 3.05) is 6.61 Å². The molecule has 0 spiro atoms. The lowest BCUT2D eigenvalue weighted by Crippen LogP contribution is -2.57. The minimum Gasteiger partial charge on any atom is -0.368 e. The van der Waals surface area contributed by atoms with E-state index in [0.29, 0.717) is 25.0 Å². The van der Waals surface area contributed by atoms with Crippen molar-refractivity contribution < 1.29 is 9.84 Å². The van der Waals surface area contributed by atoms with Gasteiger partial charge in [-0.25, -0.2) is 0 Å². The quantitative estimate of drug-likeness (QED) is 0.722. The van der Waals surface area contributed by atoms with Crippen LogP contribution in [0.15, 0.2) is 30.3 Å². The molecule has 0 amide bonds. The second kappa shape index (κ2) is 6.05. The summed E-state index contributed by atoms with van der Waals surface area (Å²) in [7, 11) is 0. The summed E-state index contributed by atoms with van der Waals surface area (Å²) in [5.41, 5.74) is 7.62. The summed E-state index contributed by atoms with van der Waals surface area (Å²) in [6.07, 6.45) is 3.10. The third-order valence-corrected chi connectivity index (χ3v) is 5.16. The highest BCUT2D eigenvalue weighted by Gasteiger charge is 2.52. The summed E-state index contributed by atoms with van der Waals surface area (Å²) in [6.45, 7) is 2.53. The maximum absolute atomic E-state index is 9.62. The molecule has 0 aliphatic carbocycles. The molecule has 21 heavy (non-hydrogen) atoms. The van der Waals surface area contributed by atoms with Gasteiger partial charge in [0.05, 0.1) is 12.1 Å². The van der Waals surface area contributed by atoms with Gasteiger partial charge in [0.15, 0.2) is 6.29 Å². The molecular formula is C17H26N2O2. The summed E-state index contributed by atoms with van der Waals surface area (Å²) >= 11 is 0. The van der Waals surface area contributed by atoms with Crippen LogP contribution in [0.4, 0.5) is 0 Å². The molecule has 4 heteroatoms. The first kappa shape index (κ1) is 15.0. The van der Waals surface area contributed by atoms with Crippen LogP contribution in [0.3, 0.4) is 0 Å². The van der Waals surface area contributed by atoms with E-state index in [4.69, 9.17) is 10.5 Å². The highest BCUT2D eigenvalue weighted by molar-refractivity contribution is 5.30. The number of benzene rings is 1. The summed E-state index contributed by atoms with van der Waals surface area (Å²) in [4.78, 5) is 0. The Hall–Kier alpha value is -0.940. The van der Waals surface area contributed by atoms with Crippen molar-refractivity contribution >= 4 is 0 Å². The maximum atomic E-state index is 9.62. The van der Waals surface area contributed by atoms with E-state index in [9.17, 15) is 5.11 Å². The molecule has 0 aromatic heterocycles. The molecule has 2 aliphatic rings. The third kappa shape index (κ3) is 2.73. The zero-order valence-electron chi connectivity index (χ0n) is 12.7. The number of ether oxygens (including phenoxy) is 1. The van der Waals surface area contributed by atoms with E-state index in [0.717, 1.165) is 19.3 Å². The SMILES string of the molecule is CCC(O)OC[C@@H]1C[C@]2(c3ccccc3)N[C@H]1CC[C@H]2N. The lowest BCUT2D eigenvalue weighted by atomic mass is 9.79. The van der Waals surface area contributed by atoms with Gasteiger partial charge in [-0.15, -0.1) is 0 Å². The van der Waals surface area contributed by atoms with Crippen LogP contribution in [0.1, 0.15) is 38.2 Å². The molecule has 1 unspecified atom stereocenters. The molecule has 2 saturated heterocycles. The van der Waals surface area contributed by atoms with Crippen molar-refractivity contribution in [2.45, 2.75) is 56.5 Å². The van der Waals surface area contributed by atoms with Gasteiger partial charge in [0.1, 0.15) is 0 Å². The number of aliphatic hydroxyl groups excluding tert-OH is 1. The van der Waals surface area contributed by atoms with Gasteiger partial charge in [-0.2, -0.15) is 0 Å². The highest BCUT2D eigenvalue weighted by atomic mass is 16.6. The number of aliphatic hydroxyl groups is 1. The Balaban J connectivity index is 1.78. The molecule has 2 aliphatic heterocycles. The average molecular weight is 290 g/mol. The number of nitrogens with one attached hydrogen (secondary N) is 1. The van der Waals surface area contributed by atoms with E-state index in [1.54, 1.807) is 0 Å². The van der Waals surface area contributed by atoms with Crippen molar-refractivity contribution in [1.29, 1.82) is 0 Å². The van der Waals surface area contributed by atoms with Gasteiger partial charge in [0, 0.05) is 12.1 Å². The maximum Gasteiger partial charge on any atom is 0.154 e. The van der Waals surface area contributed by atoms with Crippen molar-refractivity contribution in [3.05, 3.63) is 35.9 Å². The van der Waals surface area contributed by atoms with Gasteiger partial charge in [-0.05, 0) is 37.2 Å². The predicted molar refractivity (Wildman–Crippen MR) is 82.6 cm³/mol. The summed E-state index contributed by atoms with van der Waals surface area (Å²) < 4.78 is 5.57. The van der Waals surface area contributed by atoms with E-state index < -0.39 is 6.29 Å².